The monoisotopic (exact) mass is 247 g/mol. The van der Waals surface area contributed by atoms with E-state index in [0.29, 0.717) is 6.42 Å². The molecule has 1 atom stereocenters. The molecular formula is C12H25NO4. The van der Waals surface area contributed by atoms with Crippen LogP contribution in [0.25, 0.3) is 0 Å². The molecule has 0 saturated carbocycles. The van der Waals surface area contributed by atoms with Crippen molar-refractivity contribution in [3.05, 3.63) is 0 Å². The number of carboxylic acids is 1. The van der Waals surface area contributed by atoms with Crippen LogP contribution < -0.4 is 5.73 Å². The normalized spacial score (nSPS) is 11.1. The average Bonchev–Trinajstić information content (AvgIpc) is 2.28. The minimum Gasteiger partial charge on any atom is -0.481 e. The molecule has 0 aromatic carbocycles. The van der Waals surface area contributed by atoms with Gasteiger partial charge in [-0.25, -0.2) is 0 Å². The molecule has 0 aromatic heterocycles. The van der Waals surface area contributed by atoms with Gasteiger partial charge in [0, 0.05) is 6.42 Å². The highest BCUT2D eigenvalue weighted by Crippen LogP contribution is 2.04. The minimum absolute atomic E-state index is 0.337. The molecule has 5 nitrogen and oxygen atoms in total. The Morgan fingerprint density at radius 1 is 1.24 bits per heavy atom. The SMILES string of the molecule is CCCCCCCC(=O)O.COC(=O)C(C)N. The highest BCUT2D eigenvalue weighted by Gasteiger charge is 2.03. The van der Waals surface area contributed by atoms with Gasteiger partial charge in [-0.3, -0.25) is 9.59 Å². The summed E-state index contributed by atoms with van der Waals surface area (Å²) in [5, 5.41) is 8.27. The molecule has 0 heterocycles. The Morgan fingerprint density at radius 3 is 2.06 bits per heavy atom. The van der Waals surface area contributed by atoms with Crippen LogP contribution in [0.3, 0.4) is 0 Å². The van der Waals surface area contributed by atoms with Gasteiger partial charge in [-0.1, -0.05) is 32.6 Å². The summed E-state index contributed by atoms with van der Waals surface area (Å²) < 4.78 is 4.25. The number of esters is 1. The van der Waals surface area contributed by atoms with E-state index in [1.54, 1.807) is 6.92 Å². The zero-order valence-corrected chi connectivity index (χ0v) is 11.1. The lowest BCUT2D eigenvalue weighted by Crippen LogP contribution is -2.27. The van der Waals surface area contributed by atoms with E-state index >= 15 is 0 Å². The number of rotatable bonds is 7. The minimum atomic E-state index is -0.670. The first-order valence-electron chi connectivity index (χ1n) is 6.00. The Labute approximate surface area is 103 Å². The van der Waals surface area contributed by atoms with Crippen LogP contribution in [0.1, 0.15) is 52.4 Å². The van der Waals surface area contributed by atoms with Crippen molar-refractivity contribution >= 4 is 11.9 Å². The number of aliphatic carboxylic acids is 1. The Morgan fingerprint density at radius 2 is 1.76 bits per heavy atom. The van der Waals surface area contributed by atoms with Gasteiger partial charge in [0.25, 0.3) is 0 Å². The molecule has 0 radical (unpaired) electrons. The van der Waals surface area contributed by atoms with Crippen LogP contribution in [-0.2, 0) is 14.3 Å². The molecule has 0 aliphatic heterocycles. The van der Waals surface area contributed by atoms with Gasteiger partial charge in [0.1, 0.15) is 6.04 Å². The van der Waals surface area contributed by atoms with Gasteiger partial charge >= 0.3 is 11.9 Å². The lowest BCUT2D eigenvalue weighted by atomic mass is 10.1. The number of ether oxygens (including phenoxy) is 1. The standard InChI is InChI=1S/C8H16O2.C4H9NO2/c1-2-3-4-5-6-7-8(9)10;1-3(5)4(6)7-2/h2-7H2,1H3,(H,9,10);3H,5H2,1-2H3. The second kappa shape index (κ2) is 13.0. The van der Waals surface area contributed by atoms with Gasteiger partial charge < -0.3 is 15.6 Å². The molecule has 0 aliphatic rings. The van der Waals surface area contributed by atoms with Crippen molar-refractivity contribution in [2.24, 2.45) is 5.73 Å². The summed E-state index contributed by atoms with van der Waals surface area (Å²) in [4.78, 5) is 20.2. The zero-order chi connectivity index (χ0) is 13.7. The quantitative estimate of drug-likeness (QED) is 0.530. The lowest BCUT2D eigenvalue weighted by molar-refractivity contribution is -0.141. The molecule has 17 heavy (non-hydrogen) atoms. The van der Waals surface area contributed by atoms with E-state index in [9.17, 15) is 9.59 Å². The van der Waals surface area contributed by atoms with E-state index < -0.39 is 12.0 Å². The van der Waals surface area contributed by atoms with Gasteiger partial charge in [-0.05, 0) is 13.3 Å². The molecule has 3 N–H and O–H groups in total. The average molecular weight is 247 g/mol. The molecule has 5 heteroatoms. The Bertz CT molecular complexity index is 205. The van der Waals surface area contributed by atoms with Crippen LogP contribution in [0.5, 0.6) is 0 Å². The topological polar surface area (TPSA) is 89.6 Å². The summed E-state index contributed by atoms with van der Waals surface area (Å²) in [7, 11) is 1.31. The van der Waals surface area contributed by atoms with Crippen molar-refractivity contribution in [3.63, 3.8) is 0 Å². The largest absolute Gasteiger partial charge is 0.481 e. The van der Waals surface area contributed by atoms with Crippen LogP contribution in [0, 0.1) is 0 Å². The second-order valence-corrected chi connectivity index (χ2v) is 3.87. The number of nitrogens with two attached hydrogens (primary N) is 1. The van der Waals surface area contributed by atoms with E-state index in [1.807, 2.05) is 0 Å². The Kier molecular flexibility index (Phi) is 13.9. The maximum Gasteiger partial charge on any atom is 0.322 e. The first kappa shape index (κ1) is 18.3. The fourth-order valence-corrected chi connectivity index (χ4v) is 1.07. The number of carbonyl (C=O) groups is 2. The van der Waals surface area contributed by atoms with E-state index in [1.165, 1.54) is 26.4 Å². The molecule has 102 valence electrons. The number of hydrogen-bond acceptors (Lipinski definition) is 4. The third kappa shape index (κ3) is 17.5. The summed E-state index contributed by atoms with van der Waals surface area (Å²) in [5.74, 6) is -1.04. The zero-order valence-electron chi connectivity index (χ0n) is 11.1. The second-order valence-electron chi connectivity index (χ2n) is 3.87. The van der Waals surface area contributed by atoms with Crippen LogP contribution >= 0.6 is 0 Å². The molecule has 0 fully saturated rings. The Balaban J connectivity index is 0. The van der Waals surface area contributed by atoms with Crippen molar-refractivity contribution in [1.82, 2.24) is 0 Å². The number of unbranched alkanes of at least 4 members (excludes halogenated alkanes) is 4. The van der Waals surface area contributed by atoms with Crippen molar-refractivity contribution < 1.29 is 19.4 Å². The van der Waals surface area contributed by atoms with Gasteiger partial charge in [0.15, 0.2) is 0 Å². The van der Waals surface area contributed by atoms with Gasteiger partial charge in [0.05, 0.1) is 7.11 Å². The number of carbonyl (C=O) groups excluding carboxylic acids is 1. The Hall–Kier alpha value is -1.10. The molecule has 0 bridgehead atoms. The van der Waals surface area contributed by atoms with Crippen LogP contribution in [0.4, 0.5) is 0 Å². The highest BCUT2D eigenvalue weighted by molar-refractivity contribution is 5.74. The maximum atomic E-state index is 10.2. The maximum absolute atomic E-state index is 10.2. The van der Waals surface area contributed by atoms with Gasteiger partial charge in [-0.15, -0.1) is 0 Å². The van der Waals surface area contributed by atoms with Crippen LogP contribution in [-0.4, -0.2) is 30.2 Å². The van der Waals surface area contributed by atoms with Gasteiger partial charge in [0.2, 0.25) is 0 Å². The van der Waals surface area contributed by atoms with Gasteiger partial charge in [-0.2, -0.15) is 0 Å². The summed E-state index contributed by atoms with van der Waals surface area (Å²) in [6.07, 6.45) is 5.88. The predicted octanol–water partition coefficient (Wildman–Crippen LogP) is 1.94. The fourth-order valence-electron chi connectivity index (χ4n) is 1.07. The number of hydrogen-bond donors (Lipinski definition) is 2. The molecule has 0 aliphatic carbocycles. The number of carboxylic acid groups (broad SMARTS) is 1. The summed E-state index contributed by atoms with van der Waals surface area (Å²) in [5.41, 5.74) is 5.07. The first-order chi connectivity index (χ1) is 7.95. The molecule has 1 unspecified atom stereocenters. The van der Waals surface area contributed by atoms with E-state index in [2.05, 4.69) is 11.7 Å². The molecule has 0 saturated heterocycles. The fraction of sp³-hybridized carbons (Fsp3) is 0.833. The predicted molar refractivity (Wildman–Crippen MR) is 66.7 cm³/mol. The van der Waals surface area contributed by atoms with E-state index in [-0.39, 0.29) is 5.97 Å². The van der Waals surface area contributed by atoms with E-state index in [4.69, 9.17) is 10.8 Å². The van der Waals surface area contributed by atoms with E-state index in [0.717, 1.165) is 12.8 Å². The smallest absolute Gasteiger partial charge is 0.322 e. The molecular weight excluding hydrogens is 222 g/mol. The number of methoxy groups -OCH3 is 1. The summed E-state index contributed by atoms with van der Waals surface area (Å²) in [6.45, 7) is 3.73. The third-order valence-electron chi connectivity index (χ3n) is 2.07. The summed E-state index contributed by atoms with van der Waals surface area (Å²) in [6, 6.07) is -0.495. The third-order valence-corrected chi connectivity index (χ3v) is 2.07. The van der Waals surface area contributed by atoms with Crippen molar-refractivity contribution in [2.45, 2.75) is 58.4 Å². The molecule has 0 aromatic rings. The van der Waals surface area contributed by atoms with Crippen molar-refractivity contribution in [1.29, 1.82) is 0 Å². The lowest BCUT2D eigenvalue weighted by Gasteiger charge is -1.98. The molecule has 0 amide bonds. The van der Waals surface area contributed by atoms with Crippen molar-refractivity contribution in [3.8, 4) is 0 Å². The first-order valence-corrected chi connectivity index (χ1v) is 6.00. The van der Waals surface area contributed by atoms with Crippen LogP contribution in [0.2, 0.25) is 0 Å². The molecule has 0 spiro atoms. The van der Waals surface area contributed by atoms with Crippen LogP contribution in [0.15, 0.2) is 0 Å². The summed E-state index contributed by atoms with van der Waals surface area (Å²) >= 11 is 0. The van der Waals surface area contributed by atoms with Crippen molar-refractivity contribution in [2.75, 3.05) is 7.11 Å². The molecule has 0 rings (SSSR count). The highest BCUT2D eigenvalue weighted by atomic mass is 16.5.